The third kappa shape index (κ3) is 1.22. The molecule has 0 aliphatic carbocycles. The summed E-state index contributed by atoms with van der Waals surface area (Å²) in [7, 11) is 2.09. The first-order valence-corrected chi connectivity index (χ1v) is 4.28. The molecule has 4 heteroatoms. The number of nitrogens with zero attached hydrogens (tertiary/aromatic N) is 3. The van der Waals surface area contributed by atoms with Crippen LogP contribution in [0.4, 0.5) is 0 Å². The van der Waals surface area contributed by atoms with Crippen LogP contribution in [0.25, 0.3) is 0 Å². The number of hydrogen-bond acceptors (Lipinski definition) is 4. The van der Waals surface area contributed by atoms with E-state index in [1.54, 1.807) is 0 Å². The van der Waals surface area contributed by atoms with Crippen LogP contribution in [0.2, 0.25) is 0 Å². The fourth-order valence-electron chi connectivity index (χ4n) is 1.67. The summed E-state index contributed by atoms with van der Waals surface area (Å²) in [5.74, 6) is 1.50. The lowest BCUT2D eigenvalue weighted by Gasteiger charge is -2.14. The summed E-state index contributed by atoms with van der Waals surface area (Å²) < 4.78 is 5.12. The summed E-state index contributed by atoms with van der Waals surface area (Å²) in [5.41, 5.74) is 0. The van der Waals surface area contributed by atoms with Crippen molar-refractivity contribution in [3.63, 3.8) is 0 Å². The van der Waals surface area contributed by atoms with E-state index < -0.39 is 0 Å². The van der Waals surface area contributed by atoms with E-state index in [1.807, 2.05) is 6.92 Å². The minimum Gasteiger partial charge on any atom is -0.338 e. The average Bonchev–Trinajstić information content (AvgIpc) is 2.58. The molecule has 0 radical (unpaired) electrons. The standard InChI is InChI=1S/C8H13N3O/c1-6-9-8(12-10-6)7-4-3-5-11(7)2/h7H,3-5H2,1-2H3/t7-/m0/s1. The maximum absolute atomic E-state index is 5.12. The van der Waals surface area contributed by atoms with Gasteiger partial charge in [0, 0.05) is 0 Å². The largest absolute Gasteiger partial charge is 0.338 e. The molecule has 1 saturated heterocycles. The van der Waals surface area contributed by atoms with Gasteiger partial charge in [-0.1, -0.05) is 5.16 Å². The number of hydrogen-bond donors (Lipinski definition) is 0. The molecular formula is C8H13N3O. The molecule has 0 spiro atoms. The zero-order valence-corrected chi connectivity index (χ0v) is 7.45. The van der Waals surface area contributed by atoms with Gasteiger partial charge in [0.25, 0.3) is 0 Å². The predicted octanol–water partition coefficient (Wildman–Crippen LogP) is 1.14. The van der Waals surface area contributed by atoms with Crippen LogP contribution >= 0.6 is 0 Å². The van der Waals surface area contributed by atoms with Crippen molar-refractivity contribution >= 4 is 0 Å². The van der Waals surface area contributed by atoms with Gasteiger partial charge in [-0.15, -0.1) is 0 Å². The van der Waals surface area contributed by atoms with E-state index in [2.05, 4.69) is 22.1 Å². The Kier molecular flexibility index (Phi) is 1.84. The topological polar surface area (TPSA) is 42.2 Å². The molecule has 0 bridgehead atoms. The Morgan fingerprint density at radius 1 is 1.58 bits per heavy atom. The van der Waals surface area contributed by atoms with Gasteiger partial charge in [-0.25, -0.2) is 0 Å². The van der Waals surface area contributed by atoms with Gasteiger partial charge in [-0.2, -0.15) is 4.98 Å². The van der Waals surface area contributed by atoms with Crippen LogP contribution in [-0.4, -0.2) is 28.6 Å². The van der Waals surface area contributed by atoms with Crippen molar-refractivity contribution in [3.8, 4) is 0 Å². The minimum absolute atomic E-state index is 0.353. The van der Waals surface area contributed by atoms with Crippen LogP contribution < -0.4 is 0 Å². The Morgan fingerprint density at radius 3 is 2.92 bits per heavy atom. The fraction of sp³-hybridized carbons (Fsp3) is 0.750. The third-order valence-corrected chi connectivity index (χ3v) is 2.35. The highest BCUT2D eigenvalue weighted by Crippen LogP contribution is 2.28. The van der Waals surface area contributed by atoms with Crippen LogP contribution in [0.3, 0.4) is 0 Å². The molecule has 4 nitrogen and oxygen atoms in total. The van der Waals surface area contributed by atoms with Crippen LogP contribution in [0.5, 0.6) is 0 Å². The Hall–Kier alpha value is -0.900. The summed E-state index contributed by atoms with van der Waals surface area (Å²) in [6.45, 7) is 2.98. The maximum Gasteiger partial charge on any atom is 0.243 e. The van der Waals surface area contributed by atoms with E-state index in [0.29, 0.717) is 6.04 Å². The number of aromatic nitrogens is 2. The first kappa shape index (κ1) is 7.73. The number of rotatable bonds is 1. The average molecular weight is 167 g/mol. The summed E-state index contributed by atoms with van der Waals surface area (Å²) in [5, 5.41) is 3.78. The predicted molar refractivity (Wildman–Crippen MR) is 43.6 cm³/mol. The van der Waals surface area contributed by atoms with Crippen LogP contribution in [-0.2, 0) is 0 Å². The Bertz CT molecular complexity index is 271. The molecule has 2 heterocycles. The highest BCUT2D eigenvalue weighted by molar-refractivity contribution is 4.94. The molecule has 66 valence electrons. The molecule has 1 atom stereocenters. The van der Waals surface area contributed by atoms with E-state index in [0.717, 1.165) is 24.7 Å². The van der Waals surface area contributed by atoms with E-state index in [-0.39, 0.29) is 0 Å². The second kappa shape index (κ2) is 2.86. The van der Waals surface area contributed by atoms with Gasteiger partial charge in [-0.3, -0.25) is 4.90 Å². The van der Waals surface area contributed by atoms with Crippen molar-refractivity contribution in [1.29, 1.82) is 0 Å². The van der Waals surface area contributed by atoms with Crippen molar-refractivity contribution in [2.24, 2.45) is 0 Å². The van der Waals surface area contributed by atoms with Crippen LogP contribution in [0, 0.1) is 6.92 Å². The molecule has 2 rings (SSSR count). The highest BCUT2D eigenvalue weighted by Gasteiger charge is 2.27. The van der Waals surface area contributed by atoms with Gasteiger partial charge in [0.1, 0.15) is 0 Å². The van der Waals surface area contributed by atoms with Gasteiger partial charge in [0.05, 0.1) is 6.04 Å². The lowest BCUT2D eigenvalue weighted by molar-refractivity contribution is 0.244. The SMILES string of the molecule is Cc1noc([C@@H]2CCCN2C)n1. The second-order valence-electron chi connectivity index (χ2n) is 3.32. The zero-order chi connectivity index (χ0) is 8.55. The van der Waals surface area contributed by atoms with E-state index in [9.17, 15) is 0 Å². The summed E-state index contributed by atoms with van der Waals surface area (Å²) in [4.78, 5) is 6.48. The van der Waals surface area contributed by atoms with E-state index in [1.165, 1.54) is 6.42 Å². The van der Waals surface area contributed by atoms with Crippen molar-refractivity contribution in [2.75, 3.05) is 13.6 Å². The maximum atomic E-state index is 5.12. The van der Waals surface area contributed by atoms with Gasteiger partial charge < -0.3 is 4.52 Å². The third-order valence-electron chi connectivity index (χ3n) is 2.35. The van der Waals surface area contributed by atoms with Crippen LogP contribution in [0.1, 0.15) is 30.6 Å². The summed E-state index contributed by atoms with van der Waals surface area (Å²) in [6.07, 6.45) is 2.36. The van der Waals surface area contributed by atoms with Crippen molar-refractivity contribution in [2.45, 2.75) is 25.8 Å². The zero-order valence-electron chi connectivity index (χ0n) is 7.45. The molecule has 1 aliphatic rings. The Labute approximate surface area is 71.6 Å². The van der Waals surface area contributed by atoms with E-state index in [4.69, 9.17) is 4.52 Å². The molecule has 0 amide bonds. The quantitative estimate of drug-likeness (QED) is 0.629. The van der Waals surface area contributed by atoms with Gasteiger partial charge >= 0.3 is 0 Å². The first-order valence-electron chi connectivity index (χ1n) is 4.28. The van der Waals surface area contributed by atoms with Crippen molar-refractivity contribution < 1.29 is 4.52 Å². The lowest BCUT2D eigenvalue weighted by Crippen LogP contribution is -2.17. The van der Waals surface area contributed by atoms with Crippen molar-refractivity contribution in [3.05, 3.63) is 11.7 Å². The van der Waals surface area contributed by atoms with Crippen molar-refractivity contribution in [1.82, 2.24) is 15.0 Å². The van der Waals surface area contributed by atoms with E-state index >= 15 is 0 Å². The number of likely N-dealkylation sites (tertiary alicyclic amines) is 1. The monoisotopic (exact) mass is 167 g/mol. The van der Waals surface area contributed by atoms with Gasteiger partial charge in [-0.05, 0) is 33.4 Å². The highest BCUT2D eigenvalue weighted by atomic mass is 16.5. The Balaban J connectivity index is 2.19. The minimum atomic E-state index is 0.353. The lowest BCUT2D eigenvalue weighted by atomic mass is 10.2. The second-order valence-corrected chi connectivity index (χ2v) is 3.32. The fourth-order valence-corrected chi connectivity index (χ4v) is 1.67. The van der Waals surface area contributed by atoms with Gasteiger partial charge in [0.2, 0.25) is 5.89 Å². The molecule has 1 aliphatic heterocycles. The molecule has 1 fully saturated rings. The Morgan fingerprint density at radius 2 is 2.42 bits per heavy atom. The van der Waals surface area contributed by atoms with Crippen LogP contribution in [0.15, 0.2) is 4.52 Å². The molecule has 0 N–H and O–H groups in total. The molecular weight excluding hydrogens is 154 g/mol. The molecule has 1 aromatic heterocycles. The summed E-state index contributed by atoms with van der Waals surface area (Å²) >= 11 is 0. The summed E-state index contributed by atoms with van der Waals surface area (Å²) in [6, 6.07) is 0.353. The first-order chi connectivity index (χ1) is 5.77. The molecule has 0 saturated carbocycles. The van der Waals surface area contributed by atoms with Gasteiger partial charge in [0.15, 0.2) is 5.82 Å². The normalized spacial score (nSPS) is 25.0. The number of aryl methyl sites for hydroxylation is 1. The molecule has 1 aromatic rings. The smallest absolute Gasteiger partial charge is 0.243 e. The molecule has 12 heavy (non-hydrogen) atoms. The molecule has 0 unspecified atom stereocenters. The molecule has 0 aromatic carbocycles.